The van der Waals surface area contributed by atoms with Gasteiger partial charge in [-0.05, 0) is 42.5 Å². The molecule has 0 saturated heterocycles. The molecule has 0 N–H and O–H groups in total. The maximum absolute atomic E-state index is 2.33. The van der Waals surface area contributed by atoms with E-state index in [1.807, 2.05) is 0 Å². The van der Waals surface area contributed by atoms with Crippen LogP contribution in [0.2, 0.25) is 0 Å². The van der Waals surface area contributed by atoms with Gasteiger partial charge < -0.3 is 4.90 Å². The number of hydrogen-bond donors (Lipinski definition) is 0. The van der Waals surface area contributed by atoms with Crippen molar-refractivity contribution in [3.63, 3.8) is 0 Å². The molecule has 0 heterocycles. The van der Waals surface area contributed by atoms with E-state index < -0.39 is 0 Å². The van der Waals surface area contributed by atoms with Crippen molar-refractivity contribution in [2.45, 2.75) is 34.6 Å². The fraction of sp³-hybridized carbons (Fsp3) is 0.571. The van der Waals surface area contributed by atoms with Crippen LogP contribution in [0.15, 0.2) is 18.2 Å². The minimum absolute atomic E-state index is 0.340. The minimum atomic E-state index is 0.340. The molecule has 1 heteroatoms. The molecule has 15 heavy (non-hydrogen) atoms. The topological polar surface area (TPSA) is 3.24 Å². The first-order valence-electron chi connectivity index (χ1n) is 5.57. The van der Waals surface area contributed by atoms with Gasteiger partial charge in [-0.25, -0.2) is 0 Å². The van der Waals surface area contributed by atoms with Crippen molar-refractivity contribution in [3.8, 4) is 0 Å². The van der Waals surface area contributed by atoms with Crippen LogP contribution in [-0.2, 0) is 0 Å². The second-order valence-electron chi connectivity index (χ2n) is 5.76. The van der Waals surface area contributed by atoms with E-state index in [4.69, 9.17) is 0 Å². The molecule has 0 fully saturated rings. The summed E-state index contributed by atoms with van der Waals surface area (Å²) in [6.45, 7) is 12.2. The molecule has 1 nitrogen and oxygen atoms in total. The Balaban J connectivity index is 2.86. The quantitative estimate of drug-likeness (QED) is 0.710. The van der Waals surface area contributed by atoms with Gasteiger partial charge >= 0.3 is 0 Å². The van der Waals surface area contributed by atoms with Crippen LogP contribution in [0.5, 0.6) is 0 Å². The van der Waals surface area contributed by atoms with Gasteiger partial charge in [0.05, 0.1) is 0 Å². The molecule has 0 bridgehead atoms. The third kappa shape index (κ3) is 3.94. The summed E-state index contributed by atoms with van der Waals surface area (Å²) < 4.78 is 0. The Bertz CT molecular complexity index is 313. The highest BCUT2D eigenvalue weighted by Crippen LogP contribution is 2.22. The average Bonchev–Trinajstić information content (AvgIpc) is 1.98. The van der Waals surface area contributed by atoms with Gasteiger partial charge in [0.2, 0.25) is 0 Å². The molecular formula is C14H23N. The maximum atomic E-state index is 2.33. The molecule has 0 atom stereocenters. The Morgan fingerprint density at radius 3 is 1.87 bits per heavy atom. The second-order valence-corrected chi connectivity index (χ2v) is 5.76. The highest BCUT2D eigenvalue weighted by molar-refractivity contribution is 5.50. The largest absolute Gasteiger partial charge is 0.374 e. The van der Waals surface area contributed by atoms with Crippen LogP contribution in [-0.4, -0.2) is 13.6 Å². The summed E-state index contributed by atoms with van der Waals surface area (Å²) in [5, 5.41) is 0. The van der Waals surface area contributed by atoms with Gasteiger partial charge in [-0.2, -0.15) is 0 Å². The average molecular weight is 205 g/mol. The Morgan fingerprint density at radius 2 is 1.47 bits per heavy atom. The van der Waals surface area contributed by atoms with Crippen LogP contribution in [0, 0.1) is 19.3 Å². The molecule has 0 aliphatic rings. The van der Waals surface area contributed by atoms with Crippen molar-refractivity contribution in [1.82, 2.24) is 0 Å². The first-order chi connectivity index (χ1) is 6.78. The van der Waals surface area contributed by atoms with Crippen LogP contribution in [0.25, 0.3) is 0 Å². The molecule has 0 aromatic heterocycles. The number of rotatable bonds is 2. The summed E-state index contributed by atoms with van der Waals surface area (Å²) in [4.78, 5) is 2.33. The van der Waals surface area contributed by atoms with Crippen LogP contribution in [0.1, 0.15) is 31.9 Å². The smallest absolute Gasteiger partial charge is 0.0369 e. The molecule has 0 radical (unpaired) electrons. The monoisotopic (exact) mass is 205 g/mol. The van der Waals surface area contributed by atoms with Crippen LogP contribution >= 0.6 is 0 Å². The van der Waals surface area contributed by atoms with E-state index in [1.54, 1.807) is 0 Å². The number of benzene rings is 1. The Hall–Kier alpha value is -0.980. The standard InChI is InChI=1S/C14H23N/c1-11-7-12(2)9-13(8-11)15(6)10-14(3,4)5/h7-9H,10H2,1-6H3. The fourth-order valence-electron chi connectivity index (χ4n) is 1.97. The van der Waals surface area contributed by atoms with Crippen LogP contribution in [0.3, 0.4) is 0 Å². The van der Waals surface area contributed by atoms with E-state index in [-0.39, 0.29) is 0 Å². The lowest BCUT2D eigenvalue weighted by atomic mass is 9.96. The summed E-state index contributed by atoms with van der Waals surface area (Å²) in [5.74, 6) is 0. The Morgan fingerprint density at radius 1 is 1.00 bits per heavy atom. The van der Waals surface area contributed by atoms with Crippen molar-refractivity contribution < 1.29 is 0 Å². The SMILES string of the molecule is Cc1cc(C)cc(N(C)CC(C)(C)C)c1. The molecular weight excluding hydrogens is 182 g/mol. The number of nitrogens with zero attached hydrogens (tertiary/aromatic N) is 1. The second kappa shape index (κ2) is 4.26. The normalized spacial score (nSPS) is 11.6. The summed E-state index contributed by atoms with van der Waals surface area (Å²) in [6, 6.07) is 6.71. The lowest BCUT2D eigenvalue weighted by Gasteiger charge is -2.28. The Labute approximate surface area is 94.1 Å². The molecule has 0 aliphatic carbocycles. The molecule has 1 aromatic rings. The van der Waals surface area contributed by atoms with Gasteiger partial charge in [0.1, 0.15) is 0 Å². The van der Waals surface area contributed by atoms with E-state index >= 15 is 0 Å². The predicted molar refractivity (Wildman–Crippen MR) is 68.6 cm³/mol. The van der Waals surface area contributed by atoms with Crippen molar-refractivity contribution in [1.29, 1.82) is 0 Å². The van der Waals surface area contributed by atoms with Crippen LogP contribution < -0.4 is 4.90 Å². The summed E-state index contributed by atoms with van der Waals surface area (Å²) in [6.07, 6.45) is 0. The molecule has 0 spiro atoms. The summed E-state index contributed by atoms with van der Waals surface area (Å²) >= 11 is 0. The molecule has 0 unspecified atom stereocenters. The van der Waals surface area contributed by atoms with Crippen molar-refractivity contribution in [2.75, 3.05) is 18.5 Å². The maximum Gasteiger partial charge on any atom is 0.0369 e. The van der Waals surface area contributed by atoms with E-state index in [0.29, 0.717) is 5.41 Å². The molecule has 1 rings (SSSR count). The van der Waals surface area contributed by atoms with Crippen molar-refractivity contribution >= 4 is 5.69 Å². The van der Waals surface area contributed by atoms with Gasteiger partial charge in [0.15, 0.2) is 0 Å². The first kappa shape index (κ1) is 12.1. The molecule has 0 amide bonds. The van der Waals surface area contributed by atoms with E-state index in [9.17, 15) is 0 Å². The van der Waals surface area contributed by atoms with E-state index in [0.717, 1.165) is 6.54 Å². The lowest BCUT2D eigenvalue weighted by molar-refractivity contribution is 0.419. The zero-order valence-electron chi connectivity index (χ0n) is 10.9. The molecule has 0 saturated carbocycles. The van der Waals surface area contributed by atoms with Gasteiger partial charge in [0.25, 0.3) is 0 Å². The molecule has 0 aliphatic heterocycles. The first-order valence-corrected chi connectivity index (χ1v) is 5.57. The van der Waals surface area contributed by atoms with E-state index in [1.165, 1.54) is 16.8 Å². The molecule has 84 valence electrons. The van der Waals surface area contributed by atoms with Gasteiger partial charge in [-0.15, -0.1) is 0 Å². The Kier molecular flexibility index (Phi) is 3.43. The van der Waals surface area contributed by atoms with Crippen molar-refractivity contribution in [2.24, 2.45) is 5.41 Å². The fourth-order valence-corrected chi connectivity index (χ4v) is 1.97. The van der Waals surface area contributed by atoms with Gasteiger partial charge in [0, 0.05) is 19.3 Å². The third-order valence-electron chi connectivity index (χ3n) is 2.36. The van der Waals surface area contributed by atoms with Crippen molar-refractivity contribution in [3.05, 3.63) is 29.3 Å². The number of anilines is 1. The van der Waals surface area contributed by atoms with Gasteiger partial charge in [-0.1, -0.05) is 26.8 Å². The van der Waals surface area contributed by atoms with Crippen LogP contribution in [0.4, 0.5) is 5.69 Å². The molecule has 1 aromatic carbocycles. The van der Waals surface area contributed by atoms with Gasteiger partial charge in [-0.3, -0.25) is 0 Å². The number of aryl methyl sites for hydroxylation is 2. The summed E-state index contributed by atoms with van der Waals surface area (Å²) in [7, 11) is 2.17. The zero-order valence-corrected chi connectivity index (χ0v) is 10.9. The zero-order chi connectivity index (χ0) is 11.6. The highest BCUT2D eigenvalue weighted by Gasteiger charge is 2.14. The highest BCUT2D eigenvalue weighted by atomic mass is 15.1. The lowest BCUT2D eigenvalue weighted by Crippen LogP contribution is -2.29. The predicted octanol–water partition coefficient (Wildman–Crippen LogP) is 3.79. The van der Waals surface area contributed by atoms with E-state index in [2.05, 4.69) is 64.8 Å². The summed E-state index contributed by atoms with van der Waals surface area (Å²) in [5.41, 5.74) is 4.34. The number of hydrogen-bond acceptors (Lipinski definition) is 1. The minimum Gasteiger partial charge on any atom is -0.374 e. The third-order valence-corrected chi connectivity index (χ3v) is 2.36.